The lowest BCUT2D eigenvalue weighted by atomic mass is 10.2. The third-order valence-corrected chi connectivity index (χ3v) is 3.65. The molecule has 1 amide bonds. The molecule has 26 heavy (non-hydrogen) atoms. The van der Waals surface area contributed by atoms with Crippen molar-refractivity contribution in [1.82, 2.24) is 0 Å². The Bertz CT molecular complexity index is 782. The van der Waals surface area contributed by atoms with Crippen molar-refractivity contribution in [2.24, 2.45) is 0 Å². The van der Waals surface area contributed by atoms with Crippen LogP contribution in [0.4, 0.5) is 5.69 Å². The zero-order valence-electron chi connectivity index (χ0n) is 14.7. The SMILES string of the molecule is CCN(C(=O)COC(=O)C(C)Oc1ccc(C#N)cc1)c1ccccc1. The molecule has 2 aromatic carbocycles. The van der Waals surface area contributed by atoms with Gasteiger partial charge in [-0.1, -0.05) is 18.2 Å². The summed E-state index contributed by atoms with van der Waals surface area (Å²) >= 11 is 0. The van der Waals surface area contributed by atoms with Gasteiger partial charge in [0.25, 0.3) is 5.91 Å². The van der Waals surface area contributed by atoms with Crippen molar-refractivity contribution in [3.8, 4) is 11.8 Å². The lowest BCUT2D eigenvalue weighted by molar-refractivity contribution is -0.154. The fourth-order valence-corrected chi connectivity index (χ4v) is 2.30. The van der Waals surface area contributed by atoms with Gasteiger partial charge in [-0.2, -0.15) is 5.26 Å². The van der Waals surface area contributed by atoms with E-state index in [4.69, 9.17) is 14.7 Å². The Morgan fingerprint density at radius 1 is 1.12 bits per heavy atom. The Labute approximate surface area is 152 Å². The maximum absolute atomic E-state index is 12.3. The summed E-state index contributed by atoms with van der Waals surface area (Å²) in [6.45, 7) is 3.50. The number of benzene rings is 2. The first-order valence-electron chi connectivity index (χ1n) is 8.24. The molecule has 0 spiro atoms. The number of nitriles is 1. The summed E-state index contributed by atoms with van der Waals surface area (Å²) in [5, 5.41) is 8.77. The van der Waals surface area contributed by atoms with Gasteiger partial charge in [-0.25, -0.2) is 4.79 Å². The van der Waals surface area contributed by atoms with Crippen molar-refractivity contribution >= 4 is 17.6 Å². The number of para-hydroxylation sites is 1. The number of carbonyl (C=O) groups is 2. The molecule has 0 radical (unpaired) electrons. The van der Waals surface area contributed by atoms with Crippen LogP contribution in [0.5, 0.6) is 5.75 Å². The second-order valence-electron chi connectivity index (χ2n) is 5.48. The van der Waals surface area contributed by atoms with Gasteiger partial charge in [0.15, 0.2) is 12.7 Å². The number of carbonyl (C=O) groups excluding carboxylic acids is 2. The van der Waals surface area contributed by atoms with Gasteiger partial charge < -0.3 is 14.4 Å². The van der Waals surface area contributed by atoms with E-state index in [2.05, 4.69) is 0 Å². The first kappa shape index (κ1) is 19.0. The molecule has 0 aromatic heterocycles. The summed E-state index contributed by atoms with van der Waals surface area (Å²) in [7, 11) is 0. The average molecular weight is 352 g/mol. The first-order chi connectivity index (χ1) is 12.5. The quantitative estimate of drug-likeness (QED) is 0.716. The predicted molar refractivity (Wildman–Crippen MR) is 96.7 cm³/mol. The molecule has 0 saturated heterocycles. The van der Waals surface area contributed by atoms with Gasteiger partial charge in [0.05, 0.1) is 11.6 Å². The van der Waals surface area contributed by atoms with E-state index < -0.39 is 12.1 Å². The highest BCUT2D eigenvalue weighted by Crippen LogP contribution is 2.15. The van der Waals surface area contributed by atoms with Crippen LogP contribution in [0, 0.1) is 11.3 Å². The topological polar surface area (TPSA) is 79.6 Å². The van der Waals surface area contributed by atoms with Gasteiger partial charge in [0.1, 0.15) is 5.75 Å². The molecule has 0 fully saturated rings. The molecule has 0 aliphatic heterocycles. The van der Waals surface area contributed by atoms with Gasteiger partial charge in [-0.05, 0) is 50.2 Å². The summed E-state index contributed by atoms with van der Waals surface area (Å²) < 4.78 is 10.6. The summed E-state index contributed by atoms with van der Waals surface area (Å²) in [5.74, 6) is -0.497. The Morgan fingerprint density at radius 2 is 1.77 bits per heavy atom. The molecule has 134 valence electrons. The number of rotatable bonds is 7. The van der Waals surface area contributed by atoms with Crippen molar-refractivity contribution in [3.63, 3.8) is 0 Å². The van der Waals surface area contributed by atoms with Crippen LogP contribution < -0.4 is 9.64 Å². The summed E-state index contributed by atoms with van der Waals surface area (Å²) in [5.41, 5.74) is 1.25. The summed E-state index contributed by atoms with van der Waals surface area (Å²) in [6.07, 6.45) is -0.873. The third kappa shape index (κ3) is 5.08. The lowest BCUT2D eigenvalue weighted by Gasteiger charge is -2.21. The highest BCUT2D eigenvalue weighted by molar-refractivity contribution is 5.95. The molecule has 1 atom stereocenters. The number of amides is 1. The Morgan fingerprint density at radius 3 is 2.35 bits per heavy atom. The van der Waals surface area contributed by atoms with Crippen molar-refractivity contribution in [1.29, 1.82) is 5.26 Å². The highest BCUT2D eigenvalue weighted by atomic mass is 16.6. The largest absolute Gasteiger partial charge is 0.479 e. The highest BCUT2D eigenvalue weighted by Gasteiger charge is 2.20. The minimum Gasteiger partial charge on any atom is -0.479 e. The van der Waals surface area contributed by atoms with E-state index in [0.717, 1.165) is 5.69 Å². The number of hydrogen-bond acceptors (Lipinski definition) is 5. The van der Waals surface area contributed by atoms with Crippen LogP contribution in [0.15, 0.2) is 54.6 Å². The van der Waals surface area contributed by atoms with Crippen molar-refractivity contribution in [2.45, 2.75) is 20.0 Å². The molecule has 0 bridgehead atoms. The Balaban J connectivity index is 1.88. The molecule has 6 nitrogen and oxygen atoms in total. The van der Waals surface area contributed by atoms with E-state index >= 15 is 0 Å². The standard InChI is InChI=1S/C20H20N2O4/c1-3-22(17-7-5-4-6-8-17)19(23)14-25-20(24)15(2)26-18-11-9-16(13-21)10-12-18/h4-12,15H,3,14H2,1-2H3. The molecule has 0 aliphatic rings. The zero-order chi connectivity index (χ0) is 18.9. The molecule has 2 rings (SSSR count). The number of ether oxygens (including phenoxy) is 2. The van der Waals surface area contributed by atoms with Gasteiger partial charge in [0.2, 0.25) is 0 Å². The maximum Gasteiger partial charge on any atom is 0.347 e. The van der Waals surface area contributed by atoms with E-state index in [1.54, 1.807) is 36.1 Å². The Kier molecular flexibility index (Phi) is 6.75. The fourth-order valence-electron chi connectivity index (χ4n) is 2.30. The number of hydrogen-bond donors (Lipinski definition) is 0. The molecular weight excluding hydrogens is 332 g/mol. The molecular formula is C20H20N2O4. The molecule has 0 heterocycles. The minimum atomic E-state index is -0.873. The second-order valence-corrected chi connectivity index (χ2v) is 5.48. The predicted octanol–water partition coefficient (Wildman–Crippen LogP) is 2.92. The van der Waals surface area contributed by atoms with Crippen LogP contribution >= 0.6 is 0 Å². The van der Waals surface area contributed by atoms with E-state index in [0.29, 0.717) is 17.9 Å². The molecule has 0 saturated carbocycles. The number of anilines is 1. The van der Waals surface area contributed by atoms with E-state index in [9.17, 15) is 9.59 Å². The summed E-state index contributed by atoms with van der Waals surface area (Å²) in [4.78, 5) is 25.9. The van der Waals surface area contributed by atoms with Crippen LogP contribution in [0.3, 0.4) is 0 Å². The number of esters is 1. The van der Waals surface area contributed by atoms with Crippen molar-refractivity contribution in [2.75, 3.05) is 18.1 Å². The van der Waals surface area contributed by atoms with Crippen LogP contribution in [0.1, 0.15) is 19.4 Å². The maximum atomic E-state index is 12.3. The van der Waals surface area contributed by atoms with Crippen molar-refractivity contribution < 1.29 is 19.1 Å². The fraction of sp³-hybridized carbons (Fsp3) is 0.250. The number of likely N-dealkylation sites (N-methyl/N-ethyl adjacent to an activating group) is 1. The van der Waals surface area contributed by atoms with Crippen LogP contribution in [0.2, 0.25) is 0 Å². The van der Waals surface area contributed by atoms with Crippen LogP contribution in [0.25, 0.3) is 0 Å². The van der Waals surface area contributed by atoms with Crippen LogP contribution in [-0.2, 0) is 14.3 Å². The molecule has 1 unspecified atom stereocenters. The molecule has 6 heteroatoms. The van der Waals surface area contributed by atoms with Gasteiger partial charge >= 0.3 is 5.97 Å². The van der Waals surface area contributed by atoms with Gasteiger partial charge in [-0.3, -0.25) is 4.79 Å². The normalized spacial score (nSPS) is 11.1. The smallest absolute Gasteiger partial charge is 0.347 e. The lowest BCUT2D eigenvalue weighted by Crippen LogP contribution is -2.36. The monoisotopic (exact) mass is 352 g/mol. The van der Waals surface area contributed by atoms with E-state index in [1.807, 2.05) is 43.3 Å². The zero-order valence-corrected chi connectivity index (χ0v) is 14.7. The molecule has 0 N–H and O–H groups in total. The van der Waals surface area contributed by atoms with E-state index in [-0.39, 0.29) is 12.5 Å². The Hall–Kier alpha value is -3.33. The second kappa shape index (κ2) is 9.23. The van der Waals surface area contributed by atoms with Gasteiger partial charge in [-0.15, -0.1) is 0 Å². The van der Waals surface area contributed by atoms with Crippen molar-refractivity contribution in [3.05, 3.63) is 60.2 Å². The van der Waals surface area contributed by atoms with E-state index in [1.165, 1.54) is 0 Å². The minimum absolute atomic E-state index is 0.308. The number of nitrogens with zero attached hydrogens (tertiary/aromatic N) is 2. The summed E-state index contributed by atoms with van der Waals surface area (Å²) in [6, 6.07) is 17.6. The third-order valence-electron chi connectivity index (χ3n) is 3.65. The molecule has 0 aliphatic carbocycles. The molecule has 2 aromatic rings. The van der Waals surface area contributed by atoms with Crippen LogP contribution in [-0.4, -0.2) is 31.1 Å². The van der Waals surface area contributed by atoms with Gasteiger partial charge in [0, 0.05) is 12.2 Å². The first-order valence-corrected chi connectivity index (χ1v) is 8.24. The average Bonchev–Trinajstić information content (AvgIpc) is 2.68.